The molecule has 0 aromatic heterocycles. The molecule has 1 unspecified atom stereocenters. The van der Waals surface area contributed by atoms with Gasteiger partial charge in [0.15, 0.2) is 12.6 Å². The highest BCUT2D eigenvalue weighted by Crippen LogP contribution is 2.27. The summed E-state index contributed by atoms with van der Waals surface area (Å²) in [6, 6.07) is 0. The summed E-state index contributed by atoms with van der Waals surface area (Å²) in [5, 5.41) is 38.5. The van der Waals surface area contributed by atoms with Gasteiger partial charge in [0.2, 0.25) is 0 Å². The highest BCUT2D eigenvalue weighted by Gasteiger charge is 2.41. The molecule has 19 heavy (non-hydrogen) atoms. The summed E-state index contributed by atoms with van der Waals surface area (Å²) < 4.78 is 16.2. The van der Waals surface area contributed by atoms with Crippen LogP contribution in [-0.2, 0) is 14.2 Å². The summed E-state index contributed by atoms with van der Waals surface area (Å²) in [5.74, 6) is 0. The van der Waals surface area contributed by atoms with Crippen molar-refractivity contribution >= 4 is 0 Å². The van der Waals surface area contributed by atoms with E-state index in [0.717, 1.165) is 0 Å². The van der Waals surface area contributed by atoms with Gasteiger partial charge in [-0.2, -0.15) is 0 Å². The molecule has 2 aliphatic rings. The zero-order valence-electron chi connectivity index (χ0n) is 11.0. The average Bonchev–Trinajstić information content (AvgIpc) is 2.30. The van der Waals surface area contributed by atoms with Crippen LogP contribution in [0.1, 0.15) is 26.7 Å². The first-order chi connectivity index (χ1) is 8.88. The van der Waals surface area contributed by atoms with Crippen LogP contribution in [-0.4, -0.2) is 69.6 Å². The molecule has 0 saturated carbocycles. The average molecular weight is 278 g/mol. The predicted octanol–water partition coefficient (Wildman–Crippen LogP) is -1.28. The molecule has 0 bridgehead atoms. The third-order valence-corrected chi connectivity index (χ3v) is 3.64. The Morgan fingerprint density at radius 2 is 1.58 bits per heavy atom. The minimum atomic E-state index is -0.997. The standard InChI is InChI=1S/C12H22O7/c1-5-11(16)7(13)4-10(18-5)19-12-6(2)17-9(15)3-8(12)14/h5-16H,3-4H2,1-2H3/t5-,6-,7-,8-,9?,10-,11-,12-/m1/s1. The summed E-state index contributed by atoms with van der Waals surface area (Å²) in [5.41, 5.74) is 0. The van der Waals surface area contributed by atoms with E-state index in [2.05, 4.69) is 0 Å². The van der Waals surface area contributed by atoms with E-state index in [4.69, 9.17) is 14.2 Å². The first kappa shape index (κ1) is 15.1. The fraction of sp³-hybridized carbons (Fsp3) is 1.00. The number of ether oxygens (including phenoxy) is 3. The molecule has 7 heteroatoms. The monoisotopic (exact) mass is 278 g/mol. The Hall–Kier alpha value is -0.280. The lowest BCUT2D eigenvalue weighted by atomic mass is 10.0. The van der Waals surface area contributed by atoms with Gasteiger partial charge in [-0.1, -0.05) is 0 Å². The molecule has 0 aliphatic carbocycles. The van der Waals surface area contributed by atoms with E-state index < -0.39 is 49.2 Å². The Morgan fingerprint density at radius 1 is 0.895 bits per heavy atom. The van der Waals surface area contributed by atoms with Crippen molar-refractivity contribution in [3.05, 3.63) is 0 Å². The quantitative estimate of drug-likeness (QED) is 0.498. The normalized spacial score (nSPS) is 52.1. The Labute approximate surface area is 111 Å². The van der Waals surface area contributed by atoms with Gasteiger partial charge in [-0.05, 0) is 13.8 Å². The fourth-order valence-electron chi connectivity index (χ4n) is 2.52. The van der Waals surface area contributed by atoms with E-state index in [9.17, 15) is 20.4 Å². The number of hydrogen-bond acceptors (Lipinski definition) is 7. The van der Waals surface area contributed by atoms with Crippen LogP contribution in [0.2, 0.25) is 0 Å². The molecule has 0 spiro atoms. The van der Waals surface area contributed by atoms with E-state index in [1.54, 1.807) is 13.8 Å². The van der Waals surface area contributed by atoms with Crippen molar-refractivity contribution in [2.45, 2.75) is 75.9 Å². The molecule has 0 aromatic carbocycles. The third-order valence-electron chi connectivity index (χ3n) is 3.64. The lowest BCUT2D eigenvalue weighted by molar-refractivity contribution is -0.306. The Balaban J connectivity index is 1.93. The highest BCUT2D eigenvalue weighted by molar-refractivity contribution is 4.84. The highest BCUT2D eigenvalue weighted by atomic mass is 16.7. The molecule has 8 atom stereocenters. The second-order valence-corrected chi connectivity index (χ2v) is 5.26. The molecule has 0 amide bonds. The third kappa shape index (κ3) is 3.43. The topological polar surface area (TPSA) is 109 Å². The van der Waals surface area contributed by atoms with Crippen LogP contribution in [0.3, 0.4) is 0 Å². The molecule has 2 saturated heterocycles. The van der Waals surface area contributed by atoms with Crippen LogP contribution in [0.25, 0.3) is 0 Å². The van der Waals surface area contributed by atoms with Crippen LogP contribution in [0.5, 0.6) is 0 Å². The molecule has 2 rings (SSSR count). The number of aliphatic hydroxyl groups is 4. The first-order valence-corrected chi connectivity index (χ1v) is 6.57. The minimum Gasteiger partial charge on any atom is -0.390 e. The molecule has 112 valence electrons. The number of hydrogen-bond donors (Lipinski definition) is 4. The van der Waals surface area contributed by atoms with Crippen molar-refractivity contribution < 1.29 is 34.6 Å². The summed E-state index contributed by atoms with van der Waals surface area (Å²) in [6.45, 7) is 3.33. The van der Waals surface area contributed by atoms with Crippen LogP contribution in [0.4, 0.5) is 0 Å². The van der Waals surface area contributed by atoms with E-state index >= 15 is 0 Å². The van der Waals surface area contributed by atoms with Crippen molar-refractivity contribution in [2.75, 3.05) is 0 Å². The first-order valence-electron chi connectivity index (χ1n) is 6.57. The van der Waals surface area contributed by atoms with Gasteiger partial charge < -0.3 is 34.6 Å². The molecule has 2 aliphatic heterocycles. The van der Waals surface area contributed by atoms with Crippen LogP contribution < -0.4 is 0 Å². The van der Waals surface area contributed by atoms with Crippen molar-refractivity contribution in [1.82, 2.24) is 0 Å². The molecule has 4 N–H and O–H groups in total. The van der Waals surface area contributed by atoms with E-state index in [-0.39, 0.29) is 12.8 Å². The molecular weight excluding hydrogens is 256 g/mol. The zero-order chi connectivity index (χ0) is 14.2. The van der Waals surface area contributed by atoms with Gasteiger partial charge in [-0.25, -0.2) is 0 Å². The van der Waals surface area contributed by atoms with Gasteiger partial charge >= 0.3 is 0 Å². The Bertz CT molecular complexity index is 276. The molecule has 7 nitrogen and oxygen atoms in total. The lowest BCUT2D eigenvalue weighted by Crippen LogP contribution is -2.53. The van der Waals surface area contributed by atoms with Gasteiger partial charge in [-0.3, -0.25) is 0 Å². The van der Waals surface area contributed by atoms with Crippen LogP contribution in [0.15, 0.2) is 0 Å². The van der Waals surface area contributed by atoms with Gasteiger partial charge in [0, 0.05) is 12.8 Å². The smallest absolute Gasteiger partial charge is 0.161 e. The van der Waals surface area contributed by atoms with E-state index in [1.807, 2.05) is 0 Å². The van der Waals surface area contributed by atoms with Gasteiger partial charge in [0.05, 0.1) is 24.4 Å². The SMILES string of the molecule is C[C@H]1O[C@H](O[C@H]2[C@H](O)CC(O)O[C@@H]2C)C[C@@H](O)[C@@H]1O. The molecular formula is C12H22O7. The Morgan fingerprint density at radius 3 is 2.16 bits per heavy atom. The largest absolute Gasteiger partial charge is 0.390 e. The van der Waals surface area contributed by atoms with E-state index in [0.29, 0.717) is 0 Å². The number of aliphatic hydroxyl groups excluding tert-OH is 4. The Kier molecular flexibility index (Phi) is 4.78. The van der Waals surface area contributed by atoms with Gasteiger partial charge in [0.25, 0.3) is 0 Å². The van der Waals surface area contributed by atoms with Gasteiger partial charge in [-0.15, -0.1) is 0 Å². The summed E-state index contributed by atoms with van der Waals surface area (Å²) in [7, 11) is 0. The van der Waals surface area contributed by atoms with Crippen molar-refractivity contribution in [1.29, 1.82) is 0 Å². The van der Waals surface area contributed by atoms with E-state index in [1.165, 1.54) is 0 Å². The summed E-state index contributed by atoms with van der Waals surface area (Å²) >= 11 is 0. The maximum absolute atomic E-state index is 9.89. The zero-order valence-corrected chi connectivity index (χ0v) is 11.0. The van der Waals surface area contributed by atoms with Crippen molar-refractivity contribution in [3.63, 3.8) is 0 Å². The van der Waals surface area contributed by atoms with Crippen molar-refractivity contribution in [2.24, 2.45) is 0 Å². The second kappa shape index (κ2) is 6.01. The lowest BCUT2D eigenvalue weighted by Gasteiger charge is -2.41. The van der Waals surface area contributed by atoms with Crippen LogP contribution in [0, 0.1) is 0 Å². The minimum absolute atomic E-state index is 0.0719. The summed E-state index contributed by atoms with van der Waals surface area (Å²) in [4.78, 5) is 0. The fourth-order valence-corrected chi connectivity index (χ4v) is 2.52. The molecule has 2 fully saturated rings. The molecule has 0 radical (unpaired) electrons. The van der Waals surface area contributed by atoms with Gasteiger partial charge in [0.1, 0.15) is 12.2 Å². The maximum Gasteiger partial charge on any atom is 0.161 e. The summed E-state index contributed by atoms with van der Waals surface area (Å²) in [6.07, 6.45) is -5.89. The van der Waals surface area contributed by atoms with Crippen LogP contribution >= 0.6 is 0 Å². The molecule has 2 heterocycles. The van der Waals surface area contributed by atoms with Crippen molar-refractivity contribution in [3.8, 4) is 0 Å². The maximum atomic E-state index is 9.89. The number of rotatable bonds is 2. The molecule has 0 aromatic rings. The second-order valence-electron chi connectivity index (χ2n) is 5.26. The predicted molar refractivity (Wildman–Crippen MR) is 63.0 cm³/mol.